The Labute approximate surface area is 91.9 Å². The molecular weight excluding hydrogens is 218 g/mol. The van der Waals surface area contributed by atoms with E-state index >= 15 is 0 Å². The van der Waals surface area contributed by atoms with Gasteiger partial charge in [-0.25, -0.2) is 9.78 Å². The van der Waals surface area contributed by atoms with Gasteiger partial charge >= 0.3 is 5.97 Å². The lowest BCUT2D eigenvalue weighted by molar-refractivity contribution is 0.0595. The van der Waals surface area contributed by atoms with Crippen LogP contribution in [0.1, 0.15) is 28.8 Å². The van der Waals surface area contributed by atoms with Gasteiger partial charge < -0.3 is 4.74 Å². The first kappa shape index (κ1) is 11.5. The van der Waals surface area contributed by atoms with Crippen molar-refractivity contribution in [2.24, 2.45) is 0 Å². The first-order valence-corrected chi connectivity index (χ1v) is 6.41. The zero-order valence-electron chi connectivity index (χ0n) is 8.28. The molecule has 0 saturated carbocycles. The van der Waals surface area contributed by atoms with Gasteiger partial charge in [0.05, 0.1) is 7.11 Å². The van der Waals surface area contributed by atoms with Crippen molar-refractivity contribution in [3.05, 3.63) is 16.1 Å². The SMILES string of the molecule is CCCSCc1nc(C(=O)OC)cs1. The summed E-state index contributed by atoms with van der Waals surface area (Å²) < 4.78 is 4.57. The van der Waals surface area contributed by atoms with E-state index < -0.39 is 0 Å². The summed E-state index contributed by atoms with van der Waals surface area (Å²) in [5.74, 6) is 1.66. The maximum atomic E-state index is 11.1. The van der Waals surface area contributed by atoms with E-state index in [0.717, 1.165) is 16.5 Å². The number of thiazole rings is 1. The minimum Gasteiger partial charge on any atom is -0.464 e. The number of carbonyl (C=O) groups is 1. The highest BCUT2D eigenvalue weighted by molar-refractivity contribution is 7.98. The van der Waals surface area contributed by atoms with Crippen molar-refractivity contribution in [3.63, 3.8) is 0 Å². The van der Waals surface area contributed by atoms with Crippen molar-refractivity contribution in [1.29, 1.82) is 0 Å². The zero-order valence-corrected chi connectivity index (χ0v) is 9.91. The predicted octanol–water partition coefficient (Wildman–Crippen LogP) is 2.57. The number of carbonyl (C=O) groups excluding carboxylic acids is 1. The fourth-order valence-electron chi connectivity index (χ4n) is 0.879. The Morgan fingerprint density at radius 3 is 3.14 bits per heavy atom. The molecule has 0 radical (unpaired) electrons. The van der Waals surface area contributed by atoms with E-state index in [1.54, 1.807) is 5.38 Å². The molecule has 1 aromatic rings. The second kappa shape index (κ2) is 6.03. The van der Waals surface area contributed by atoms with Crippen molar-refractivity contribution in [3.8, 4) is 0 Å². The van der Waals surface area contributed by atoms with Crippen LogP contribution in [0.4, 0.5) is 0 Å². The third-order valence-electron chi connectivity index (χ3n) is 1.52. The van der Waals surface area contributed by atoms with Crippen molar-refractivity contribution < 1.29 is 9.53 Å². The summed E-state index contributed by atoms with van der Waals surface area (Å²) in [5.41, 5.74) is 0.421. The second-order valence-corrected chi connectivity index (χ2v) is 4.72. The highest BCUT2D eigenvalue weighted by Crippen LogP contribution is 2.17. The van der Waals surface area contributed by atoms with Gasteiger partial charge in [0.1, 0.15) is 5.01 Å². The van der Waals surface area contributed by atoms with Crippen LogP contribution in [0.5, 0.6) is 0 Å². The fourth-order valence-corrected chi connectivity index (χ4v) is 2.62. The van der Waals surface area contributed by atoms with Crippen molar-refractivity contribution in [1.82, 2.24) is 4.98 Å². The number of ether oxygens (including phenoxy) is 1. The largest absolute Gasteiger partial charge is 0.464 e. The van der Waals surface area contributed by atoms with E-state index in [2.05, 4.69) is 16.6 Å². The standard InChI is InChI=1S/C9H13NO2S2/c1-3-4-13-6-8-10-7(5-14-8)9(11)12-2/h5H,3-4,6H2,1-2H3. The number of esters is 1. The fraction of sp³-hybridized carbons (Fsp3) is 0.556. The smallest absolute Gasteiger partial charge is 0.357 e. The molecule has 0 aromatic carbocycles. The summed E-state index contributed by atoms with van der Waals surface area (Å²) in [4.78, 5) is 15.2. The highest BCUT2D eigenvalue weighted by atomic mass is 32.2. The summed E-state index contributed by atoms with van der Waals surface area (Å²) in [7, 11) is 1.37. The van der Waals surface area contributed by atoms with Gasteiger partial charge in [-0.3, -0.25) is 0 Å². The Kier molecular flexibility index (Phi) is 4.97. The maximum absolute atomic E-state index is 11.1. The first-order chi connectivity index (χ1) is 6.77. The lowest BCUT2D eigenvalue weighted by Crippen LogP contribution is -2.01. The molecule has 1 rings (SSSR count). The second-order valence-electron chi connectivity index (χ2n) is 2.67. The Bertz CT molecular complexity index is 299. The van der Waals surface area contributed by atoms with Crippen LogP contribution in [0, 0.1) is 0 Å². The van der Waals surface area contributed by atoms with Gasteiger partial charge in [0.15, 0.2) is 5.69 Å². The molecule has 0 aliphatic rings. The average Bonchev–Trinajstić information content (AvgIpc) is 2.66. The third-order valence-corrected chi connectivity index (χ3v) is 3.73. The topological polar surface area (TPSA) is 39.2 Å². The Morgan fingerprint density at radius 1 is 1.71 bits per heavy atom. The summed E-state index contributed by atoms with van der Waals surface area (Å²) >= 11 is 3.35. The number of methoxy groups -OCH3 is 1. The number of hydrogen-bond acceptors (Lipinski definition) is 5. The van der Waals surface area contributed by atoms with Gasteiger partial charge in [-0.2, -0.15) is 11.8 Å². The van der Waals surface area contributed by atoms with Crippen LogP contribution in [0.2, 0.25) is 0 Å². The van der Waals surface area contributed by atoms with Crippen LogP contribution in [0.25, 0.3) is 0 Å². The van der Waals surface area contributed by atoms with E-state index in [9.17, 15) is 4.79 Å². The molecule has 0 atom stereocenters. The molecule has 0 fully saturated rings. The summed E-state index contributed by atoms with van der Waals surface area (Å²) in [6, 6.07) is 0. The minimum absolute atomic E-state index is 0.354. The molecule has 0 spiro atoms. The number of hydrogen-bond donors (Lipinski definition) is 0. The van der Waals surface area contributed by atoms with Crippen LogP contribution in [-0.4, -0.2) is 23.8 Å². The summed E-state index contributed by atoms with van der Waals surface area (Å²) in [6.07, 6.45) is 1.17. The molecule has 0 N–H and O–H groups in total. The normalized spacial score (nSPS) is 10.1. The Balaban J connectivity index is 2.46. The summed E-state index contributed by atoms with van der Waals surface area (Å²) in [6.45, 7) is 2.15. The van der Waals surface area contributed by atoms with E-state index in [1.807, 2.05) is 11.8 Å². The molecule has 0 bridgehead atoms. The lowest BCUT2D eigenvalue weighted by atomic mass is 10.5. The molecule has 0 saturated heterocycles. The van der Waals surface area contributed by atoms with Gasteiger partial charge in [-0.1, -0.05) is 6.92 Å². The Morgan fingerprint density at radius 2 is 2.50 bits per heavy atom. The zero-order chi connectivity index (χ0) is 10.4. The quantitative estimate of drug-likeness (QED) is 0.577. The minimum atomic E-state index is -0.354. The molecule has 3 nitrogen and oxygen atoms in total. The highest BCUT2D eigenvalue weighted by Gasteiger charge is 2.09. The molecule has 0 unspecified atom stereocenters. The predicted molar refractivity (Wildman–Crippen MR) is 59.9 cm³/mol. The van der Waals surface area contributed by atoms with Crippen LogP contribution in [0.15, 0.2) is 5.38 Å². The monoisotopic (exact) mass is 231 g/mol. The number of nitrogens with zero attached hydrogens (tertiary/aromatic N) is 1. The number of rotatable bonds is 5. The number of thioether (sulfide) groups is 1. The van der Waals surface area contributed by atoms with Gasteiger partial charge in [0, 0.05) is 11.1 Å². The van der Waals surface area contributed by atoms with Crippen molar-refractivity contribution in [2.75, 3.05) is 12.9 Å². The molecule has 0 amide bonds. The molecule has 1 heterocycles. The average molecular weight is 231 g/mol. The van der Waals surface area contributed by atoms with E-state index in [0.29, 0.717) is 5.69 Å². The van der Waals surface area contributed by atoms with Gasteiger partial charge in [-0.05, 0) is 12.2 Å². The maximum Gasteiger partial charge on any atom is 0.357 e. The molecule has 1 aromatic heterocycles. The molecule has 0 aliphatic heterocycles. The van der Waals surface area contributed by atoms with E-state index in [-0.39, 0.29) is 5.97 Å². The van der Waals surface area contributed by atoms with Crippen molar-refractivity contribution in [2.45, 2.75) is 19.1 Å². The van der Waals surface area contributed by atoms with Crippen molar-refractivity contribution >= 4 is 29.1 Å². The van der Waals surface area contributed by atoms with Gasteiger partial charge in [0.25, 0.3) is 0 Å². The van der Waals surface area contributed by atoms with Crippen LogP contribution >= 0.6 is 23.1 Å². The molecule has 5 heteroatoms. The van der Waals surface area contributed by atoms with E-state index in [4.69, 9.17) is 0 Å². The van der Waals surface area contributed by atoms with Crippen LogP contribution < -0.4 is 0 Å². The lowest BCUT2D eigenvalue weighted by Gasteiger charge is -1.94. The molecule has 0 aliphatic carbocycles. The summed E-state index contributed by atoms with van der Waals surface area (Å²) in [5, 5.41) is 2.73. The first-order valence-electron chi connectivity index (χ1n) is 4.38. The van der Waals surface area contributed by atoms with Gasteiger partial charge in [-0.15, -0.1) is 11.3 Å². The molecule has 14 heavy (non-hydrogen) atoms. The van der Waals surface area contributed by atoms with E-state index in [1.165, 1.54) is 24.9 Å². The number of aromatic nitrogens is 1. The van der Waals surface area contributed by atoms with Crippen LogP contribution in [0.3, 0.4) is 0 Å². The van der Waals surface area contributed by atoms with Gasteiger partial charge in [0.2, 0.25) is 0 Å². The molecule has 78 valence electrons. The third kappa shape index (κ3) is 3.31. The molecular formula is C9H13NO2S2. The Hall–Kier alpha value is -0.550. The van der Waals surface area contributed by atoms with Crippen LogP contribution in [-0.2, 0) is 10.5 Å².